The molecule has 2 aromatic rings. The van der Waals surface area contributed by atoms with Crippen molar-refractivity contribution in [2.75, 3.05) is 13.2 Å². The van der Waals surface area contributed by atoms with Gasteiger partial charge in [0.1, 0.15) is 5.69 Å². The molecule has 0 bridgehead atoms. The first-order valence-electron chi connectivity index (χ1n) is 8.81. The molecule has 1 aliphatic heterocycles. The number of hydrogen-bond donors (Lipinski definition) is 1. The van der Waals surface area contributed by atoms with Crippen LogP contribution in [0.4, 0.5) is 0 Å². The summed E-state index contributed by atoms with van der Waals surface area (Å²) in [6.07, 6.45) is 2.75. The second-order valence-corrected chi connectivity index (χ2v) is 6.35. The minimum absolute atomic E-state index is 0.128. The number of hydrogen-bond acceptors (Lipinski definition) is 4. The molecular weight excluding hydrogens is 318 g/mol. The van der Waals surface area contributed by atoms with Gasteiger partial charge in [0, 0.05) is 13.5 Å². The molecule has 1 unspecified atom stereocenters. The van der Waals surface area contributed by atoms with Gasteiger partial charge in [-0.25, -0.2) is 0 Å². The van der Waals surface area contributed by atoms with Gasteiger partial charge in [-0.2, -0.15) is 5.10 Å². The topological polar surface area (TPSA) is 65.4 Å². The summed E-state index contributed by atoms with van der Waals surface area (Å²) in [6.45, 7) is 5.37. The molecule has 0 aliphatic carbocycles. The number of nitrogens with zero attached hydrogens (tertiary/aromatic N) is 2. The first-order valence-corrected chi connectivity index (χ1v) is 8.81. The van der Waals surface area contributed by atoms with Gasteiger partial charge in [0.2, 0.25) is 0 Å². The number of fused-ring (bicyclic) bond motifs is 1. The summed E-state index contributed by atoms with van der Waals surface area (Å²) in [7, 11) is 1.80. The van der Waals surface area contributed by atoms with Gasteiger partial charge < -0.3 is 14.8 Å². The van der Waals surface area contributed by atoms with E-state index in [0.29, 0.717) is 18.9 Å². The fraction of sp³-hybridized carbons (Fsp3) is 0.474. The molecule has 1 N–H and O–H groups in total. The van der Waals surface area contributed by atoms with E-state index in [2.05, 4.69) is 17.3 Å². The molecule has 2 heterocycles. The minimum Gasteiger partial charge on any atom is -0.490 e. The zero-order chi connectivity index (χ0) is 17.8. The summed E-state index contributed by atoms with van der Waals surface area (Å²) in [5, 5.41) is 7.42. The van der Waals surface area contributed by atoms with Gasteiger partial charge in [0.15, 0.2) is 11.5 Å². The highest BCUT2D eigenvalue weighted by Gasteiger charge is 2.18. The number of aryl methyl sites for hydroxylation is 2. The lowest BCUT2D eigenvalue weighted by Crippen LogP contribution is -2.28. The third-order valence-electron chi connectivity index (χ3n) is 4.29. The Hall–Kier alpha value is -2.50. The Labute approximate surface area is 148 Å². The molecule has 6 nitrogen and oxygen atoms in total. The lowest BCUT2D eigenvalue weighted by molar-refractivity contribution is 0.0930. The molecule has 25 heavy (non-hydrogen) atoms. The van der Waals surface area contributed by atoms with Gasteiger partial charge in [-0.3, -0.25) is 9.48 Å². The summed E-state index contributed by atoms with van der Waals surface area (Å²) >= 11 is 0. The molecule has 1 aliphatic rings. The van der Waals surface area contributed by atoms with Crippen molar-refractivity contribution in [3.63, 3.8) is 0 Å². The molecule has 1 atom stereocenters. The Morgan fingerprint density at radius 2 is 2.04 bits per heavy atom. The van der Waals surface area contributed by atoms with E-state index in [-0.39, 0.29) is 11.9 Å². The van der Waals surface area contributed by atoms with Gasteiger partial charge in [-0.15, -0.1) is 0 Å². The summed E-state index contributed by atoms with van der Waals surface area (Å²) in [5.41, 5.74) is 2.50. The Morgan fingerprint density at radius 3 is 2.80 bits per heavy atom. The van der Waals surface area contributed by atoms with Gasteiger partial charge >= 0.3 is 0 Å². The quantitative estimate of drug-likeness (QED) is 0.906. The number of benzene rings is 1. The predicted octanol–water partition coefficient (Wildman–Crippen LogP) is 3.02. The normalized spacial score (nSPS) is 14.7. The molecule has 1 aromatic heterocycles. The van der Waals surface area contributed by atoms with E-state index in [4.69, 9.17) is 9.47 Å². The lowest BCUT2D eigenvalue weighted by Gasteiger charge is -2.16. The van der Waals surface area contributed by atoms with Crippen molar-refractivity contribution in [2.24, 2.45) is 7.05 Å². The van der Waals surface area contributed by atoms with Crippen LogP contribution in [0.25, 0.3) is 0 Å². The maximum absolute atomic E-state index is 12.6. The minimum atomic E-state index is -0.144. The lowest BCUT2D eigenvalue weighted by atomic mass is 10.1. The smallest absolute Gasteiger partial charge is 0.270 e. The maximum atomic E-state index is 12.6. The number of nitrogens with one attached hydrogen (secondary N) is 1. The molecule has 0 saturated heterocycles. The zero-order valence-corrected chi connectivity index (χ0v) is 15.0. The van der Waals surface area contributed by atoms with Gasteiger partial charge in [-0.1, -0.05) is 19.4 Å². The molecule has 3 rings (SSSR count). The van der Waals surface area contributed by atoms with E-state index in [9.17, 15) is 4.79 Å². The summed E-state index contributed by atoms with van der Waals surface area (Å²) in [4.78, 5) is 12.6. The van der Waals surface area contributed by atoms with E-state index < -0.39 is 0 Å². The van der Waals surface area contributed by atoms with Crippen LogP contribution in [0.15, 0.2) is 24.3 Å². The Kier molecular flexibility index (Phi) is 5.26. The summed E-state index contributed by atoms with van der Waals surface area (Å²) in [5.74, 6) is 1.37. The van der Waals surface area contributed by atoms with Crippen LogP contribution < -0.4 is 14.8 Å². The number of carbonyl (C=O) groups is 1. The fourth-order valence-electron chi connectivity index (χ4n) is 2.92. The van der Waals surface area contributed by atoms with E-state index in [1.807, 2.05) is 31.2 Å². The second-order valence-electron chi connectivity index (χ2n) is 6.35. The molecule has 1 aromatic carbocycles. The summed E-state index contributed by atoms with van der Waals surface area (Å²) in [6, 6.07) is 7.53. The number of ether oxygens (including phenoxy) is 2. The highest BCUT2D eigenvalue weighted by Crippen LogP contribution is 2.32. The van der Waals surface area contributed by atoms with Crippen LogP contribution in [-0.2, 0) is 13.5 Å². The van der Waals surface area contributed by atoms with Crippen molar-refractivity contribution >= 4 is 5.91 Å². The van der Waals surface area contributed by atoms with Crippen LogP contribution in [0.3, 0.4) is 0 Å². The van der Waals surface area contributed by atoms with Crippen LogP contribution in [0.1, 0.15) is 54.5 Å². The molecule has 1 amide bonds. The van der Waals surface area contributed by atoms with E-state index >= 15 is 0 Å². The standard InChI is InChI=1S/C19H25N3O3/c1-4-6-15-12-16(22(3)21-15)19(23)20-13(2)14-7-8-17-18(11-14)25-10-5-9-24-17/h7-8,11-13H,4-6,9-10H2,1-3H3,(H,20,23). The monoisotopic (exact) mass is 343 g/mol. The van der Waals surface area contributed by atoms with Gasteiger partial charge in [-0.05, 0) is 37.1 Å². The van der Waals surface area contributed by atoms with Crippen molar-refractivity contribution in [3.8, 4) is 11.5 Å². The predicted molar refractivity (Wildman–Crippen MR) is 95.1 cm³/mol. The Balaban J connectivity index is 1.72. The van der Waals surface area contributed by atoms with Crippen LogP contribution >= 0.6 is 0 Å². The number of amides is 1. The Bertz CT molecular complexity index is 754. The molecule has 134 valence electrons. The van der Waals surface area contributed by atoms with Crippen LogP contribution in [0.2, 0.25) is 0 Å². The van der Waals surface area contributed by atoms with Crippen LogP contribution in [0.5, 0.6) is 11.5 Å². The molecule has 0 saturated carbocycles. The first kappa shape index (κ1) is 17.3. The van der Waals surface area contributed by atoms with Gasteiger partial charge in [0.25, 0.3) is 5.91 Å². The van der Waals surface area contributed by atoms with Crippen molar-refractivity contribution in [3.05, 3.63) is 41.2 Å². The van der Waals surface area contributed by atoms with E-state index in [1.165, 1.54) is 0 Å². The number of carbonyl (C=O) groups excluding carboxylic acids is 1. The van der Waals surface area contributed by atoms with Crippen LogP contribution in [0, 0.1) is 0 Å². The molecule has 0 spiro atoms. The molecule has 6 heteroatoms. The van der Waals surface area contributed by atoms with Crippen LogP contribution in [-0.4, -0.2) is 28.9 Å². The largest absolute Gasteiger partial charge is 0.490 e. The average Bonchev–Trinajstić information content (AvgIpc) is 2.81. The summed E-state index contributed by atoms with van der Waals surface area (Å²) < 4.78 is 13.0. The van der Waals surface area contributed by atoms with Crippen molar-refractivity contribution in [1.82, 2.24) is 15.1 Å². The Morgan fingerprint density at radius 1 is 1.28 bits per heavy atom. The van der Waals surface area contributed by atoms with Crippen molar-refractivity contribution in [2.45, 2.75) is 39.2 Å². The van der Waals surface area contributed by atoms with Gasteiger partial charge in [0.05, 0.1) is 24.9 Å². The zero-order valence-electron chi connectivity index (χ0n) is 15.0. The second kappa shape index (κ2) is 7.59. The molecular formula is C19H25N3O3. The molecule has 0 radical (unpaired) electrons. The van der Waals surface area contributed by atoms with E-state index in [1.54, 1.807) is 11.7 Å². The third-order valence-corrected chi connectivity index (χ3v) is 4.29. The third kappa shape index (κ3) is 3.95. The SMILES string of the molecule is CCCc1cc(C(=O)NC(C)c2ccc3c(c2)OCCCO3)n(C)n1. The maximum Gasteiger partial charge on any atom is 0.270 e. The average molecular weight is 343 g/mol. The number of rotatable bonds is 5. The highest BCUT2D eigenvalue weighted by molar-refractivity contribution is 5.92. The van der Waals surface area contributed by atoms with E-state index in [0.717, 1.165) is 42.0 Å². The highest BCUT2D eigenvalue weighted by atomic mass is 16.5. The van der Waals surface area contributed by atoms with Crippen molar-refractivity contribution in [1.29, 1.82) is 0 Å². The fourth-order valence-corrected chi connectivity index (χ4v) is 2.92. The number of aromatic nitrogens is 2. The van der Waals surface area contributed by atoms with Crippen molar-refractivity contribution < 1.29 is 14.3 Å². The first-order chi connectivity index (χ1) is 12.1. The molecule has 0 fully saturated rings.